The minimum Gasteiger partial charge on any atom is -0.469 e. The Morgan fingerprint density at radius 1 is 1.27 bits per heavy atom. The summed E-state index contributed by atoms with van der Waals surface area (Å²) >= 11 is 3.52. The van der Waals surface area contributed by atoms with Gasteiger partial charge < -0.3 is 4.74 Å². The number of nitrogens with zero attached hydrogens (tertiary/aromatic N) is 3. The van der Waals surface area contributed by atoms with Crippen LogP contribution in [0.1, 0.15) is 31.7 Å². The summed E-state index contributed by atoms with van der Waals surface area (Å²) < 4.78 is 9.39. The average Bonchev–Trinajstić information content (AvgIpc) is 2.92. The molecule has 4 rings (SSSR count). The van der Waals surface area contributed by atoms with E-state index in [2.05, 4.69) is 20.9 Å². The molecule has 1 aromatic carbocycles. The molecule has 0 unspecified atom stereocenters. The Morgan fingerprint density at radius 2 is 2.00 bits per heavy atom. The molecule has 0 radical (unpaired) electrons. The summed E-state index contributed by atoms with van der Waals surface area (Å²) in [4.78, 5) is 29.3. The Bertz CT molecular complexity index is 1060. The fraction of sp³-hybridized carbons (Fsp3) is 0.421. The van der Waals surface area contributed by atoms with Crippen molar-refractivity contribution >= 4 is 43.8 Å². The number of fused-ring (bicyclic) bond motifs is 3. The summed E-state index contributed by atoms with van der Waals surface area (Å²) in [5.41, 5.74) is 2.58. The molecule has 6 nitrogen and oxygen atoms in total. The van der Waals surface area contributed by atoms with Gasteiger partial charge in [0.2, 0.25) is 0 Å². The predicted molar refractivity (Wildman–Crippen MR) is 103 cm³/mol. The van der Waals surface area contributed by atoms with Gasteiger partial charge in [0.05, 0.1) is 35.8 Å². The zero-order valence-corrected chi connectivity index (χ0v) is 16.3. The molecule has 2 heterocycles. The van der Waals surface area contributed by atoms with Crippen LogP contribution in [0.5, 0.6) is 0 Å². The van der Waals surface area contributed by atoms with E-state index in [1.165, 1.54) is 7.11 Å². The first-order valence-corrected chi connectivity index (χ1v) is 9.53. The number of carbonyl (C=O) groups excluding carboxylic acids is 1. The maximum absolute atomic E-state index is 13.0. The van der Waals surface area contributed by atoms with Gasteiger partial charge in [0.25, 0.3) is 0 Å². The van der Waals surface area contributed by atoms with Crippen molar-refractivity contribution in [2.24, 2.45) is 13.0 Å². The number of benzene rings is 1. The van der Waals surface area contributed by atoms with Gasteiger partial charge in [-0.15, -0.1) is 0 Å². The Morgan fingerprint density at radius 3 is 2.69 bits per heavy atom. The molecule has 136 valence electrons. The molecular formula is C19H20BrN3O3. The van der Waals surface area contributed by atoms with Crippen molar-refractivity contribution in [2.45, 2.75) is 31.7 Å². The number of esters is 1. The summed E-state index contributed by atoms with van der Waals surface area (Å²) in [6, 6.07) is 6.00. The fourth-order valence-corrected chi connectivity index (χ4v) is 4.44. The number of hydrogen-bond donors (Lipinski definition) is 0. The van der Waals surface area contributed by atoms with Crippen molar-refractivity contribution in [2.75, 3.05) is 7.11 Å². The van der Waals surface area contributed by atoms with Crippen molar-refractivity contribution in [1.82, 2.24) is 14.1 Å². The lowest BCUT2D eigenvalue weighted by Gasteiger charge is -2.28. The molecule has 0 aliphatic heterocycles. The molecule has 0 N–H and O–H groups in total. The van der Waals surface area contributed by atoms with E-state index in [-0.39, 0.29) is 23.6 Å². The van der Waals surface area contributed by atoms with Crippen LogP contribution in [0.15, 0.2) is 33.7 Å². The van der Waals surface area contributed by atoms with Crippen LogP contribution >= 0.6 is 15.9 Å². The molecule has 0 spiro atoms. The second-order valence-electron chi connectivity index (χ2n) is 6.89. The highest BCUT2D eigenvalue weighted by Gasteiger charge is 2.30. The van der Waals surface area contributed by atoms with Gasteiger partial charge in [-0.25, -0.2) is 4.79 Å². The van der Waals surface area contributed by atoms with E-state index >= 15 is 0 Å². The predicted octanol–water partition coefficient (Wildman–Crippen LogP) is 3.56. The van der Waals surface area contributed by atoms with E-state index in [4.69, 9.17) is 4.74 Å². The number of ether oxygens (including phenoxy) is 1. The quantitative estimate of drug-likeness (QED) is 0.597. The lowest BCUT2D eigenvalue weighted by Crippen LogP contribution is -2.30. The topological polar surface area (TPSA) is 66.1 Å². The van der Waals surface area contributed by atoms with Gasteiger partial charge >= 0.3 is 11.7 Å². The van der Waals surface area contributed by atoms with Gasteiger partial charge in [0.15, 0.2) is 0 Å². The van der Waals surface area contributed by atoms with Crippen molar-refractivity contribution in [3.05, 3.63) is 39.4 Å². The van der Waals surface area contributed by atoms with E-state index < -0.39 is 0 Å². The molecule has 1 fully saturated rings. The number of aryl methyl sites for hydroxylation is 1. The highest BCUT2D eigenvalue weighted by Crippen LogP contribution is 2.35. The second kappa shape index (κ2) is 6.54. The molecule has 2 aromatic heterocycles. The minimum absolute atomic E-state index is 0.0317. The van der Waals surface area contributed by atoms with E-state index in [1.807, 2.05) is 22.8 Å². The number of carbonyl (C=O) groups is 1. The van der Waals surface area contributed by atoms with Gasteiger partial charge in [-0.3, -0.25) is 18.9 Å². The highest BCUT2D eigenvalue weighted by molar-refractivity contribution is 9.10. The largest absolute Gasteiger partial charge is 0.469 e. The lowest BCUT2D eigenvalue weighted by atomic mass is 9.86. The Kier molecular flexibility index (Phi) is 4.34. The molecule has 26 heavy (non-hydrogen) atoms. The summed E-state index contributed by atoms with van der Waals surface area (Å²) in [6.45, 7) is 0. The van der Waals surface area contributed by atoms with Crippen LogP contribution in [-0.4, -0.2) is 27.2 Å². The molecule has 7 heteroatoms. The minimum atomic E-state index is -0.146. The normalized spacial score (nSPS) is 20.6. The van der Waals surface area contributed by atoms with Crippen LogP contribution in [0.2, 0.25) is 0 Å². The van der Waals surface area contributed by atoms with E-state index in [1.54, 1.807) is 17.8 Å². The van der Waals surface area contributed by atoms with Crippen LogP contribution in [0.4, 0.5) is 0 Å². The molecule has 1 saturated carbocycles. The Balaban J connectivity index is 1.85. The van der Waals surface area contributed by atoms with Crippen LogP contribution < -0.4 is 5.69 Å². The maximum Gasteiger partial charge on any atom is 0.329 e. The lowest BCUT2D eigenvalue weighted by molar-refractivity contribution is -0.146. The molecule has 0 amide bonds. The van der Waals surface area contributed by atoms with Gasteiger partial charge in [-0.1, -0.05) is 15.9 Å². The second-order valence-corrected chi connectivity index (χ2v) is 7.81. The molecule has 0 atom stereocenters. The molecular weight excluding hydrogens is 398 g/mol. The molecule has 1 aliphatic rings. The third-order valence-electron chi connectivity index (χ3n) is 5.47. The Hall–Kier alpha value is -2.15. The van der Waals surface area contributed by atoms with Gasteiger partial charge in [-0.05, 0) is 43.9 Å². The van der Waals surface area contributed by atoms with Gasteiger partial charge in [0.1, 0.15) is 0 Å². The molecule has 3 aromatic rings. The fourth-order valence-electron chi connectivity index (χ4n) is 4.07. The van der Waals surface area contributed by atoms with Crippen LogP contribution in [-0.2, 0) is 16.6 Å². The van der Waals surface area contributed by atoms with E-state index in [0.717, 1.165) is 52.1 Å². The molecule has 1 aliphatic carbocycles. The zero-order valence-electron chi connectivity index (χ0n) is 14.7. The first-order chi connectivity index (χ1) is 12.5. The monoisotopic (exact) mass is 417 g/mol. The van der Waals surface area contributed by atoms with Gasteiger partial charge in [0, 0.05) is 22.9 Å². The number of methoxy groups -OCH3 is 1. The summed E-state index contributed by atoms with van der Waals surface area (Å²) in [6.07, 6.45) is 4.83. The van der Waals surface area contributed by atoms with E-state index in [9.17, 15) is 9.59 Å². The van der Waals surface area contributed by atoms with Crippen LogP contribution in [0, 0.1) is 5.92 Å². The van der Waals surface area contributed by atoms with Crippen molar-refractivity contribution in [1.29, 1.82) is 0 Å². The zero-order chi connectivity index (χ0) is 18.4. The van der Waals surface area contributed by atoms with Crippen LogP contribution in [0.3, 0.4) is 0 Å². The number of halogens is 1. The van der Waals surface area contributed by atoms with Crippen molar-refractivity contribution in [3.8, 4) is 0 Å². The number of rotatable bonds is 2. The smallest absolute Gasteiger partial charge is 0.329 e. The summed E-state index contributed by atoms with van der Waals surface area (Å²) in [7, 11) is 3.22. The Labute approximate surface area is 158 Å². The first kappa shape index (κ1) is 17.3. The van der Waals surface area contributed by atoms with Crippen LogP contribution in [0.25, 0.3) is 21.9 Å². The highest BCUT2D eigenvalue weighted by atomic mass is 79.9. The SMILES string of the molecule is COC(=O)[C@H]1CC[C@@H](n2c(=O)n(C)c3cnc4ccc(Br)cc4c32)CC1. The number of imidazole rings is 1. The van der Waals surface area contributed by atoms with Crippen molar-refractivity contribution < 1.29 is 9.53 Å². The number of hydrogen-bond acceptors (Lipinski definition) is 4. The third-order valence-corrected chi connectivity index (χ3v) is 5.97. The summed E-state index contributed by atoms with van der Waals surface area (Å²) in [5.74, 6) is -0.207. The maximum atomic E-state index is 13.0. The van der Waals surface area contributed by atoms with Gasteiger partial charge in [-0.2, -0.15) is 0 Å². The standard InChI is InChI=1S/C19H20BrN3O3/c1-22-16-10-21-15-8-5-12(20)9-14(15)17(16)23(19(22)25)13-6-3-11(4-7-13)18(24)26-2/h5,8-11,13H,3-4,6-7H2,1-2H3/t11-,13+. The number of pyridine rings is 1. The number of aromatic nitrogens is 3. The average molecular weight is 418 g/mol. The van der Waals surface area contributed by atoms with Crippen molar-refractivity contribution in [3.63, 3.8) is 0 Å². The first-order valence-electron chi connectivity index (χ1n) is 8.74. The molecule has 0 bridgehead atoms. The summed E-state index contributed by atoms with van der Waals surface area (Å²) in [5, 5.41) is 0.963. The third kappa shape index (κ3) is 2.65. The van der Waals surface area contributed by atoms with E-state index in [0.29, 0.717) is 0 Å². The molecule has 0 saturated heterocycles.